The van der Waals surface area contributed by atoms with E-state index in [1.165, 1.54) is 13.8 Å². The third-order valence-electron chi connectivity index (χ3n) is 1.67. The van der Waals surface area contributed by atoms with Crippen molar-refractivity contribution in [1.82, 2.24) is 4.90 Å². The van der Waals surface area contributed by atoms with Gasteiger partial charge in [0, 0.05) is 6.54 Å². The number of nitrogens with zero attached hydrogens (tertiary/aromatic N) is 1. The summed E-state index contributed by atoms with van der Waals surface area (Å²) in [5, 5.41) is 8.74. The van der Waals surface area contributed by atoms with Crippen molar-refractivity contribution < 1.29 is 23.1 Å². The lowest BCUT2D eigenvalue weighted by Gasteiger charge is -2.23. The van der Waals surface area contributed by atoms with Gasteiger partial charge in [-0.3, -0.25) is 4.79 Å². The Morgan fingerprint density at radius 2 is 2.07 bits per heavy atom. The summed E-state index contributed by atoms with van der Waals surface area (Å²) < 4.78 is 35.9. The maximum atomic E-state index is 12.0. The van der Waals surface area contributed by atoms with Crippen LogP contribution in [0.2, 0.25) is 0 Å². The van der Waals surface area contributed by atoms with E-state index in [0.717, 1.165) is 4.90 Å². The van der Waals surface area contributed by atoms with E-state index in [1.807, 2.05) is 0 Å². The second-order valence-corrected chi connectivity index (χ2v) is 2.78. The number of aliphatic hydroxyl groups is 1. The third kappa shape index (κ3) is 4.70. The fourth-order valence-corrected chi connectivity index (χ4v) is 0.854. The molecule has 0 bridgehead atoms. The molecule has 1 amide bonds. The Bertz CT molecular complexity index is 277. The highest BCUT2D eigenvalue weighted by atomic mass is 19.4. The van der Waals surface area contributed by atoms with E-state index in [-0.39, 0.29) is 6.54 Å². The van der Waals surface area contributed by atoms with Crippen LogP contribution in [0.25, 0.3) is 0 Å². The van der Waals surface area contributed by atoms with Crippen molar-refractivity contribution >= 4 is 5.91 Å². The lowest BCUT2D eigenvalue weighted by atomic mass is 10.3. The minimum Gasteiger partial charge on any atom is -0.382 e. The van der Waals surface area contributed by atoms with Crippen molar-refractivity contribution in [3.63, 3.8) is 0 Å². The minimum absolute atomic E-state index is 0.0701. The average Bonchev–Trinajstić information content (AvgIpc) is 2.12. The summed E-state index contributed by atoms with van der Waals surface area (Å²) >= 11 is 0. The molecular formula is C9H12F3NO2. The number of amides is 1. The fraction of sp³-hybridized carbons (Fsp3) is 0.667. The van der Waals surface area contributed by atoms with E-state index >= 15 is 0 Å². The zero-order valence-electron chi connectivity index (χ0n) is 8.43. The quantitative estimate of drug-likeness (QED) is 0.718. The van der Waals surface area contributed by atoms with Gasteiger partial charge in [0.1, 0.15) is 0 Å². The van der Waals surface area contributed by atoms with Crippen LogP contribution < -0.4 is 0 Å². The lowest BCUT2D eigenvalue weighted by molar-refractivity contribution is -0.207. The van der Waals surface area contributed by atoms with Crippen LogP contribution >= 0.6 is 0 Å². The van der Waals surface area contributed by atoms with Gasteiger partial charge in [-0.2, -0.15) is 13.2 Å². The van der Waals surface area contributed by atoms with Gasteiger partial charge in [-0.25, -0.2) is 0 Å². The standard InChI is InChI=1S/C9H12F3NO2/c1-3-5-8(15)13(4-2)6-7(14)9(10,11)12/h7,14H,4,6H2,1-2H3. The number of halogens is 3. The maximum absolute atomic E-state index is 12.0. The Hall–Kier alpha value is -1.22. The predicted octanol–water partition coefficient (Wildman–Crippen LogP) is 0.781. The number of aliphatic hydroxyl groups excluding tert-OH is 1. The average molecular weight is 223 g/mol. The molecule has 0 fully saturated rings. The summed E-state index contributed by atoms with van der Waals surface area (Å²) in [5.74, 6) is 3.68. The molecule has 1 unspecified atom stereocenters. The first-order chi connectivity index (χ1) is 6.82. The molecule has 0 aromatic rings. The second-order valence-electron chi connectivity index (χ2n) is 2.78. The molecule has 0 heterocycles. The van der Waals surface area contributed by atoms with Crippen molar-refractivity contribution in [2.24, 2.45) is 0 Å². The Morgan fingerprint density at radius 3 is 2.40 bits per heavy atom. The summed E-state index contributed by atoms with van der Waals surface area (Å²) in [7, 11) is 0. The van der Waals surface area contributed by atoms with Crippen LogP contribution in [-0.2, 0) is 4.79 Å². The van der Waals surface area contributed by atoms with Crippen molar-refractivity contribution in [3.8, 4) is 11.8 Å². The molecule has 15 heavy (non-hydrogen) atoms. The van der Waals surface area contributed by atoms with Crippen LogP contribution in [0.3, 0.4) is 0 Å². The zero-order chi connectivity index (χ0) is 12.1. The van der Waals surface area contributed by atoms with Crippen LogP contribution in [0.1, 0.15) is 13.8 Å². The molecule has 0 rings (SSSR count). The molecule has 1 atom stereocenters. The van der Waals surface area contributed by atoms with E-state index in [1.54, 1.807) is 0 Å². The highest BCUT2D eigenvalue weighted by Crippen LogP contribution is 2.20. The van der Waals surface area contributed by atoms with Crippen LogP contribution in [0.5, 0.6) is 0 Å². The first-order valence-corrected chi connectivity index (χ1v) is 4.29. The van der Waals surface area contributed by atoms with E-state index in [0.29, 0.717) is 0 Å². The van der Waals surface area contributed by atoms with Gasteiger partial charge in [0.2, 0.25) is 0 Å². The smallest absolute Gasteiger partial charge is 0.382 e. The van der Waals surface area contributed by atoms with E-state index in [4.69, 9.17) is 5.11 Å². The summed E-state index contributed by atoms with van der Waals surface area (Å²) in [4.78, 5) is 12.0. The number of hydrogen-bond acceptors (Lipinski definition) is 2. The van der Waals surface area contributed by atoms with E-state index in [2.05, 4.69) is 11.8 Å². The number of carbonyl (C=O) groups excluding carboxylic acids is 1. The van der Waals surface area contributed by atoms with Crippen LogP contribution in [-0.4, -0.2) is 41.3 Å². The SMILES string of the molecule is CC#CC(=O)N(CC)CC(O)C(F)(F)F. The first kappa shape index (κ1) is 13.8. The summed E-state index contributed by atoms with van der Waals surface area (Å²) in [6.07, 6.45) is -7.24. The molecule has 0 saturated carbocycles. The monoisotopic (exact) mass is 223 g/mol. The molecule has 0 spiro atoms. The van der Waals surface area contributed by atoms with Gasteiger partial charge in [0.05, 0.1) is 6.54 Å². The van der Waals surface area contributed by atoms with Crippen LogP contribution in [0.4, 0.5) is 13.2 Å². The number of rotatable bonds is 3. The van der Waals surface area contributed by atoms with Gasteiger partial charge >= 0.3 is 6.18 Å². The number of likely N-dealkylation sites (N-methyl/N-ethyl adjacent to an activating group) is 1. The molecule has 86 valence electrons. The van der Waals surface area contributed by atoms with Crippen LogP contribution in [0, 0.1) is 11.8 Å². The molecule has 0 radical (unpaired) electrons. The summed E-state index contributed by atoms with van der Waals surface area (Å²) in [6.45, 7) is 2.21. The largest absolute Gasteiger partial charge is 0.416 e. The normalized spacial score (nSPS) is 12.7. The highest BCUT2D eigenvalue weighted by Gasteiger charge is 2.39. The van der Waals surface area contributed by atoms with E-state index < -0.39 is 24.7 Å². The molecule has 0 aromatic carbocycles. The molecule has 0 aliphatic rings. The van der Waals surface area contributed by atoms with Gasteiger partial charge in [0.15, 0.2) is 6.10 Å². The molecule has 6 heteroatoms. The Labute approximate surface area is 85.9 Å². The molecule has 3 nitrogen and oxygen atoms in total. The zero-order valence-corrected chi connectivity index (χ0v) is 8.43. The van der Waals surface area contributed by atoms with Gasteiger partial charge in [-0.1, -0.05) is 5.92 Å². The Kier molecular flexibility index (Phi) is 5.15. The van der Waals surface area contributed by atoms with Gasteiger partial charge in [-0.15, -0.1) is 0 Å². The number of hydrogen-bond donors (Lipinski definition) is 1. The first-order valence-electron chi connectivity index (χ1n) is 4.29. The van der Waals surface area contributed by atoms with Gasteiger partial charge in [-0.05, 0) is 19.8 Å². The predicted molar refractivity (Wildman–Crippen MR) is 47.8 cm³/mol. The molecule has 0 aliphatic heterocycles. The van der Waals surface area contributed by atoms with Gasteiger partial charge < -0.3 is 10.0 Å². The molecule has 0 aliphatic carbocycles. The highest BCUT2D eigenvalue weighted by molar-refractivity contribution is 5.93. The minimum atomic E-state index is -4.71. The van der Waals surface area contributed by atoms with Crippen molar-refractivity contribution in [3.05, 3.63) is 0 Å². The van der Waals surface area contributed by atoms with E-state index in [9.17, 15) is 18.0 Å². The Balaban J connectivity index is 4.45. The maximum Gasteiger partial charge on any atom is 0.416 e. The molecule has 0 aromatic heterocycles. The third-order valence-corrected chi connectivity index (χ3v) is 1.67. The van der Waals surface area contributed by atoms with Crippen molar-refractivity contribution in [2.45, 2.75) is 26.1 Å². The Morgan fingerprint density at radius 1 is 1.53 bits per heavy atom. The van der Waals surface area contributed by atoms with Gasteiger partial charge in [0.25, 0.3) is 5.91 Å². The van der Waals surface area contributed by atoms with Crippen molar-refractivity contribution in [2.75, 3.05) is 13.1 Å². The van der Waals surface area contributed by atoms with Crippen LogP contribution in [0.15, 0.2) is 0 Å². The lowest BCUT2D eigenvalue weighted by Crippen LogP contribution is -2.43. The molecule has 1 N–H and O–H groups in total. The molecule has 0 saturated heterocycles. The summed E-state index contributed by atoms with van der Waals surface area (Å²) in [5.41, 5.74) is 0. The molecular weight excluding hydrogens is 211 g/mol. The number of carbonyl (C=O) groups is 1. The fourth-order valence-electron chi connectivity index (χ4n) is 0.854. The topological polar surface area (TPSA) is 40.5 Å². The number of alkyl halides is 3. The van der Waals surface area contributed by atoms with Crippen molar-refractivity contribution in [1.29, 1.82) is 0 Å². The summed E-state index contributed by atoms with van der Waals surface area (Å²) in [6, 6.07) is 0. The second kappa shape index (κ2) is 5.61.